The van der Waals surface area contributed by atoms with Gasteiger partial charge in [0.1, 0.15) is 0 Å². The highest BCUT2D eigenvalue weighted by molar-refractivity contribution is 6.79. The number of esters is 4. The molecule has 0 aliphatic carbocycles. The summed E-state index contributed by atoms with van der Waals surface area (Å²) >= 11 is 0. The topological polar surface area (TPSA) is 269 Å². The van der Waals surface area contributed by atoms with E-state index in [-0.39, 0.29) is 62.0 Å². The Morgan fingerprint density at radius 3 is 0.814 bits per heavy atom. The van der Waals surface area contributed by atoms with Crippen LogP contribution in [0.3, 0.4) is 0 Å². The fourth-order valence-corrected chi connectivity index (χ4v) is 46.9. The number of carbonyl (C=O) groups excluding carboxylic acids is 4. The van der Waals surface area contributed by atoms with E-state index in [2.05, 4.69) is 298 Å². The predicted molar refractivity (Wildman–Crippen MR) is 590 cm³/mol. The molecular formula is C112H202N6O17Si5. The van der Waals surface area contributed by atoms with Crippen LogP contribution in [0.4, 0.5) is 0 Å². The molecule has 0 aromatic heterocycles. The highest BCUT2D eigenvalue weighted by atomic mass is 28.4. The Bertz CT molecular complexity index is 3720. The molecule has 0 amide bonds. The Labute approximate surface area is 856 Å². The molecule has 0 saturated carbocycles. The zero-order valence-electron chi connectivity index (χ0n) is 93.6. The molecule has 0 unspecified atom stereocenters. The van der Waals surface area contributed by atoms with Gasteiger partial charge < -0.3 is 72.4 Å². The Hall–Kier alpha value is -5.02. The lowest BCUT2D eigenvalue weighted by atomic mass is 9.96. The number of carbonyl (C=O) groups is 4. The fraction of sp³-hybridized carbons (Fsp3) is 0.732. The fourth-order valence-electron chi connectivity index (χ4n) is 23.4. The maximum atomic E-state index is 12.1. The number of hydrogen-bond acceptors (Lipinski definition) is 23. The van der Waals surface area contributed by atoms with Crippen molar-refractivity contribution in [1.29, 1.82) is 0 Å². The van der Waals surface area contributed by atoms with E-state index in [1.54, 1.807) is 34.8 Å². The van der Waals surface area contributed by atoms with Gasteiger partial charge in [0.05, 0.1) is 53.1 Å². The van der Waals surface area contributed by atoms with Gasteiger partial charge in [-0.15, -0.1) is 0 Å². The van der Waals surface area contributed by atoms with Crippen LogP contribution in [0.15, 0.2) is 133 Å². The van der Waals surface area contributed by atoms with Crippen LogP contribution in [0.1, 0.15) is 216 Å². The highest BCUT2D eigenvalue weighted by Gasteiger charge is 2.52. The molecular weight excluding hydrogens is 1840 g/mol. The first-order valence-corrected chi connectivity index (χ1v) is 65.8. The summed E-state index contributed by atoms with van der Waals surface area (Å²) in [5, 5.41) is 42.6. The molecule has 10 atom stereocenters. The summed E-state index contributed by atoms with van der Waals surface area (Å²) in [5.74, 6) is 0.666. The summed E-state index contributed by atoms with van der Waals surface area (Å²) < 4.78 is 52.8. The van der Waals surface area contributed by atoms with E-state index in [1.165, 1.54) is 22.9 Å². The molecule has 4 aromatic rings. The van der Waals surface area contributed by atoms with Crippen LogP contribution < -0.4 is 10.6 Å². The standard InChI is InChI=1S/C31H59NO2Si2.C24H53NO2Si2.C17H23NO4.C13H19NO2.C13H23NOSi.C8H12O4.C6H13NO2/c1-23(2)35(24(3)4,25(5)6)33-21-30-19-32(18-29-16-14-13-15-17-29)20-31(30)22-34-36(26(7)8,27(9)10)28(11)12;1-17(2)28(18(3)4,19(5)6)26-15-23-13-25-14-24(23)16-27-29(20(7)8,21(9)10)22(11)12;1-3-21-16(19)14-11-18(10-13-8-6-5-7-9-13)12-15(14)17(20)22-4-2;15-9-12-7-14(8-13(12)10-16)6-11-4-2-1-3-5-11;1-15-11-14(12-16(2,3)4)10-13-8-6-5-7-9-13;1-3-11-7(9)5-6-8(10)12-4-2;8-3-5-1-7-2-6(5)4-9/h13-17,23-28,30-31H,18-22H2,1-12H3;17-25H,13-16H2,1-12H3;5-9,14-15H,3-4,10-12H2,1-2H3;1-5,12-13,15-16H,6-10H2;5-9H,10-12H2,1-4H3;5-6H,3-4H2,1-2H3;5-9H,1-4H2/b;;;;;6-5+;/t30-,31-;23-,24-;14-,15-;12-,13-;;;5-,6-/m1101..1/s1. The molecule has 140 heavy (non-hydrogen) atoms. The Kier molecular flexibility index (Phi) is 61.8. The van der Waals surface area contributed by atoms with Crippen molar-refractivity contribution in [2.24, 2.45) is 59.2 Å². The summed E-state index contributed by atoms with van der Waals surface area (Å²) in [6.07, 6.45) is 3.26. The number of benzene rings is 4. The minimum absolute atomic E-state index is 0.177. The largest absolute Gasteiger partial charge is 0.466 e. The van der Waals surface area contributed by atoms with Gasteiger partial charge in [-0.1, -0.05) is 307 Å². The van der Waals surface area contributed by atoms with E-state index in [9.17, 15) is 29.4 Å². The molecule has 5 fully saturated rings. The lowest BCUT2D eigenvalue weighted by Gasteiger charge is -2.44. The first kappa shape index (κ1) is 129. The second kappa shape index (κ2) is 67.1. The minimum Gasteiger partial charge on any atom is -0.466 e. The molecule has 4 aromatic carbocycles. The highest BCUT2D eigenvalue weighted by Crippen LogP contribution is 2.48. The van der Waals surface area contributed by atoms with Gasteiger partial charge in [0.2, 0.25) is 0 Å². The molecule has 802 valence electrons. The lowest BCUT2D eigenvalue weighted by molar-refractivity contribution is -0.157. The number of nitrogens with zero attached hydrogens (tertiary/aromatic N) is 4. The van der Waals surface area contributed by atoms with Gasteiger partial charge in [0.25, 0.3) is 0 Å². The van der Waals surface area contributed by atoms with Gasteiger partial charge >= 0.3 is 23.9 Å². The van der Waals surface area contributed by atoms with Crippen LogP contribution in [0.25, 0.3) is 0 Å². The van der Waals surface area contributed by atoms with E-state index in [1.807, 2.05) is 48.5 Å². The van der Waals surface area contributed by atoms with Crippen LogP contribution in [0, 0.1) is 59.2 Å². The molecule has 0 radical (unpaired) electrons. The lowest BCUT2D eigenvalue weighted by Crippen LogP contribution is -2.50. The molecule has 6 N–H and O–H groups in total. The quantitative estimate of drug-likeness (QED) is 0.00789. The van der Waals surface area contributed by atoms with Crippen molar-refractivity contribution in [3.63, 3.8) is 0 Å². The Balaban J connectivity index is 0.000000438. The summed E-state index contributed by atoms with van der Waals surface area (Å²) in [4.78, 5) is 54.9. The van der Waals surface area contributed by atoms with Crippen LogP contribution >= 0.6 is 0 Å². The van der Waals surface area contributed by atoms with Gasteiger partial charge in [-0.2, -0.15) is 0 Å². The summed E-state index contributed by atoms with van der Waals surface area (Å²) in [6.45, 7) is 90.3. The van der Waals surface area contributed by atoms with E-state index in [4.69, 9.17) is 42.1 Å². The van der Waals surface area contributed by atoms with E-state index < -0.39 is 65.1 Å². The summed E-state index contributed by atoms with van der Waals surface area (Å²) in [7, 11) is -6.66. The number of likely N-dealkylation sites (tertiary alicyclic amines) is 3. The number of aliphatic hydroxyl groups is 4. The molecule has 28 heteroatoms. The van der Waals surface area contributed by atoms with E-state index in [0.29, 0.717) is 136 Å². The first-order valence-electron chi connectivity index (χ1n) is 53.5. The van der Waals surface area contributed by atoms with Crippen molar-refractivity contribution in [3.05, 3.63) is 156 Å². The first-order chi connectivity index (χ1) is 66.2. The van der Waals surface area contributed by atoms with Gasteiger partial charge in [0.15, 0.2) is 33.3 Å². The van der Waals surface area contributed by atoms with Crippen LogP contribution in [0.5, 0.6) is 0 Å². The second-order valence-corrected chi connectivity index (χ2v) is 72.0. The van der Waals surface area contributed by atoms with Crippen LogP contribution in [0.2, 0.25) is 86.1 Å². The third kappa shape index (κ3) is 41.6. The van der Waals surface area contributed by atoms with Gasteiger partial charge in [-0.25, -0.2) is 9.59 Å². The smallest absolute Gasteiger partial charge is 0.330 e. The average Bonchev–Trinajstić information content (AvgIpc) is 1.54. The molecule has 0 spiro atoms. The van der Waals surface area contributed by atoms with Crippen molar-refractivity contribution < 1.29 is 81.0 Å². The third-order valence-electron chi connectivity index (χ3n) is 29.7. The summed E-state index contributed by atoms with van der Waals surface area (Å²) in [5.41, 5.74) is 12.8. The predicted octanol–water partition coefficient (Wildman–Crippen LogP) is 21.4. The molecule has 5 heterocycles. The maximum absolute atomic E-state index is 12.1. The van der Waals surface area contributed by atoms with E-state index in [0.717, 1.165) is 123 Å². The molecule has 5 aliphatic rings. The Morgan fingerprint density at radius 1 is 0.343 bits per heavy atom. The average molecular weight is 2050 g/mol. The van der Waals surface area contributed by atoms with Crippen molar-refractivity contribution >= 4 is 65.2 Å². The van der Waals surface area contributed by atoms with Crippen molar-refractivity contribution in [2.45, 2.75) is 306 Å². The zero-order chi connectivity index (χ0) is 105. The van der Waals surface area contributed by atoms with Gasteiger partial charge in [-0.3, -0.25) is 29.2 Å². The number of hydrogen-bond donors (Lipinski definition) is 6. The summed E-state index contributed by atoms with van der Waals surface area (Å²) in [6, 6.07) is 41.9. The SMILES string of the molecule is CC(C)[Si](OC[C@H]1CN(Cc2ccccc2)C[C@@H]1CO[Si](C(C)C)(C(C)C)C(C)C)(C(C)C)C(C)C.CC(C)[Si](OC[C@H]1CNC[C@@H]1CO[Si](C(C)C)(C(C)C)C(C)C)(C(C)C)C(C)C.CCOC(=O)/C=C/C(=O)OCC.CCOC(=O)[C@H]1CN(Cc2ccccc2)C[C@@H]1C(=O)OCC.COCN(Cc1ccccc1)C[Si](C)(C)C.OC[C@H]1CN(Cc2ccccc2)C[C@@H]1CO.OC[C@H]1CNC[C@@H]1CO. The van der Waals surface area contributed by atoms with Crippen LogP contribution in [-0.4, -0.2) is 270 Å². The normalized spacial score (nSPS) is 20.6. The van der Waals surface area contributed by atoms with E-state index >= 15 is 0 Å². The molecule has 9 rings (SSSR count). The van der Waals surface area contributed by atoms with Gasteiger partial charge in [-0.05, 0) is 146 Å². The molecule has 5 aliphatic heterocycles. The van der Waals surface area contributed by atoms with Crippen molar-refractivity contribution in [2.75, 3.05) is 165 Å². The number of methoxy groups -OCH3 is 1. The number of ether oxygens (including phenoxy) is 5. The number of nitrogens with one attached hydrogen (secondary N) is 2. The minimum atomic E-state index is -1.88. The van der Waals surface area contributed by atoms with Crippen molar-refractivity contribution in [1.82, 2.24) is 30.2 Å². The zero-order valence-corrected chi connectivity index (χ0v) is 98.6. The third-order valence-corrected chi connectivity index (χ3v) is 55.4. The molecule has 23 nitrogen and oxygen atoms in total. The second-order valence-electron chi connectivity index (χ2n) is 44.7. The molecule has 0 bridgehead atoms. The van der Waals surface area contributed by atoms with Crippen LogP contribution in [-0.2, 0) is 86.7 Å². The molecule has 5 saturated heterocycles. The number of aliphatic hydroxyl groups excluding tert-OH is 4. The van der Waals surface area contributed by atoms with Gasteiger partial charge in [0, 0.05) is 187 Å². The van der Waals surface area contributed by atoms with Crippen molar-refractivity contribution in [3.8, 4) is 0 Å². The Morgan fingerprint density at radius 2 is 0.579 bits per heavy atom. The number of rotatable bonds is 48. The monoisotopic (exact) mass is 2040 g/mol. The maximum Gasteiger partial charge on any atom is 0.330 e.